The van der Waals surface area contributed by atoms with Gasteiger partial charge in [-0.15, -0.1) is 0 Å². The van der Waals surface area contributed by atoms with E-state index in [2.05, 4.69) is 6.07 Å². The smallest absolute Gasteiger partial charge is 0.316 e. The van der Waals surface area contributed by atoms with Crippen LogP contribution in [0.1, 0.15) is 31.1 Å². The predicted octanol–water partition coefficient (Wildman–Crippen LogP) is 9.62. The van der Waals surface area contributed by atoms with E-state index in [0.29, 0.717) is 22.8 Å². The molecular formula is C36H27Cl2FN2O4. The molecule has 1 saturated carbocycles. The van der Waals surface area contributed by atoms with Gasteiger partial charge in [0.25, 0.3) is 0 Å². The highest BCUT2D eigenvalue weighted by atomic mass is 35.5. The summed E-state index contributed by atoms with van der Waals surface area (Å²) in [6, 6.07) is 33.0. The fourth-order valence-electron chi connectivity index (χ4n) is 5.99. The lowest BCUT2D eigenvalue weighted by Crippen LogP contribution is -2.30. The van der Waals surface area contributed by atoms with Crippen molar-refractivity contribution in [2.45, 2.75) is 26.4 Å². The van der Waals surface area contributed by atoms with Crippen molar-refractivity contribution in [2.24, 2.45) is 16.2 Å². The Morgan fingerprint density at radius 3 is 2.09 bits per heavy atom. The molecule has 0 radical (unpaired) electrons. The van der Waals surface area contributed by atoms with Gasteiger partial charge in [-0.1, -0.05) is 91.6 Å². The molecule has 1 aliphatic rings. The molecule has 3 atom stereocenters. The molecule has 1 fully saturated rings. The second-order valence-electron chi connectivity index (χ2n) is 11.1. The normalized spacial score (nSPS) is 20.1. The molecule has 6 nitrogen and oxygen atoms in total. The largest absolute Gasteiger partial charge is 0.457 e. The van der Waals surface area contributed by atoms with Gasteiger partial charge in [-0.05, 0) is 66.6 Å². The van der Waals surface area contributed by atoms with E-state index in [1.807, 2.05) is 42.5 Å². The zero-order chi connectivity index (χ0) is 32.2. The summed E-state index contributed by atoms with van der Waals surface area (Å²) in [6.07, 6.45) is -0.0452. The summed E-state index contributed by atoms with van der Waals surface area (Å²) in [7, 11) is 0. The first-order valence-electron chi connectivity index (χ1n) is 14.0. The maximum absolute atomic E-state index is 14.7. The van der Waals surface area contributed by atoms with Gasteiger partial charge in [-0.25, -0.2) is 4.39 Å². The Hall–Kier alpha value is -4.82. The number of halogens is 3. The molecule has 4 aromatic rings. The Balaban J connectivity index is 1.49. The molecule has 226 valence electrons. The molecular weight excluding hydrogens is 614 g/mol. The van der Waals surface area contributed by atoms with Gasteiger partial charge in [0.05, 0.1) is 6.07 Å². The highest BCUT2D eigenvalue weighted by Gasteiger charge is 2.86. The highest BCUT2D eigenvalue weighted by molar-refractivity contribution is 6.56. The number of hydrogen-bond acceptors (Lipinski definition) is 6. The highest BCUT2D eigenvalue weighted by Crippen LogP contribution is 2.80. The maximum Gasteiger partial charge on any atom is 0.316 e. The van der Waals surface area contributed by atoms with E-state index < -0.39 is 34.1 Å². The molecule has 0 heterocycles. The van der Waals surface area contributed by atoms with E-state index in [1.54, 1.807) is 62.4 Å². The second kappa shape index (κ2) is 12.7. The van der Waals surface area contributed by atoms with Gasteiger partial charge in [-0.3, -0.25) is 4.79 Å². The van der Waals surface area contributed by atoms with Crippen molar-refractivity contribution in [3.8, 4) is 35.1 Å². The third-order valence-electron chi connectivity index (χ3n) is 8.43. The molecule has 0 spiro atoms. The molecule has 1 aliphatic carbocycles. The first-order chi connectivity index (χ1) is 21.6. The van der Waals surface area contributed by atoms with Crippen LogP contribution in [0.5, 0.6) is 23.0 Å². The first kappa shape index (κ1) is 31.6. The number of ether oxygens (including phenoxy) is 3. The van der Waals surface area contributed by atoms with Crippen LogP contribution in [-0.4, -0.2) is 5.97 Å². The first-order valence-corrected chi connectivity index (χ1v) is 14.7. The predicted molar refractivity (Wildman–Crippen MR) is 168 cm³/mol. The third kappa shape index (κ3) is 5.85. The zero-order valence-corrected chi connectivity index (χ0v) is 25.8. The molecule has 4 aromatic carbocycles. The van der Waals surface area contributed by atoms with E-state index >= 15 is 0 Å². The summed E-state index contributed by atoms with van der Waals surface area (Å²) in [4.78, 5) is 14.3. The van der Waals surface area contributed by atoms with Crippen molar-refractivity contribution in [3.05, 3.63) is 131 Å². The van der Waals surface area contributed by atoms with E-state index in [-0.39, 0.29) is 22.2 Å². The maximum atomic E-state index is 14.7. The van der Waals surface area contributed by atoms with Crippen LogP contribution < -0.4 is 9.47 Å². The van der Waals surface area contributed by atoms with Gasteiger partial charge in [0.15, 0.2) is 11.6 Å². The lowest BCUT2D eigenvalue weighted by molar-refractivity contribution is -0.155. The van der Waals surface area contributed by atoms with Crippen molar-refractivity contribution < 1.29 is 23.4 Å². The molecule has 0 aromatic heterocycles. The van der Waals surface area contributed by atoms with Gasteiger partial charge in [0, 0.05) is 11.0 Å². The summed E-state index contributed by atoms with van der Waals surface area (Å²) in [6.45, 7) is 3.50. The van der Waals surface area contributed by atoms with Crippen LogP contribution in [0.4, 0.5) is 4.39 Å². The molecule has 0 aliphatic heterocycles. The van der Waals surface area contributed by atoms with Crippen molar-refractivity contribution >= 4 is 29.2 Å². The third-order valence-corrected chi connectivity index (χ3v) is 8.65. The Morgan fingerprint density at radius 1 is 0.867 bits per heavy atom. The van der Waals surface area contributed by atoms with Crippen LogP contribution in [0, 0.1) is 44.7 Å². The number of para-hydroxylation sites is 2. The summed E-state index contributed by atoms with van der Waals surface area (Å²) >= 11 is 12.2. The van der Waals surface area contributed by atoms with Gasteiger partial charge in [0.1, 0.15) is 38.6 Å². The summed E-state index contributed by atoms with van der Waals surface area (Å²) in [5.41, 5.74) is -3.14. The summed E-state index contributed by atoms with van der Waals surface area (Å²) < 4.78 is 32.0. The van der Waals surface area contributed by atoms with Crippen LogP contribution >= 0.6 is 23.2 Å². The zero-order valence-electron chi connectivity index (χ0n) is 24.3. The Morgan fingerprint density at radius 2 is 1.49 bits per heavy atom. The number of nitrogens with zero attached hydrogens (tertiary/aromatic N) is 2. The molecule has 0 N–H and O–H groups in total. The quantitative estimate of drug-likeness (QED) is 0.160. The fraction of sp³-hybridized carbons (Fsp3) is 0.194. The molecule has 5 rings (SSSR count). The second-order valence-corrected chi connectivity index (χ2v) is 12.2. The van der Waals surface area contributed by atoms with Crippen molar-refractivity contribution in [2.75, 3.05) is 0 Å². The minimum atomic E-state index is -1.51. The van der Waals surface area contributed by atoms with Crippen LogP contribution in [0.25, 0.3) is 0 Å². The number of esters is 1. The fourth-order valence-corrected chi connectivity index (χ4v) is 6.32. The number of nitriles is 2. The molecule has 9 heteroatoms. The van der Waals surface area contributed by atoms with Gasteiger partial charge in [0.2, 0.25) is 6.10 Å². The van der Waals surface area contributed by atoms with Gasteiger partial charge < -0.3 is 14.2 Å². The minimum absolute atomic E-state index is 0.0415. The minimum Gasteiger partial charge on any atom is -0.457 e. The molecule has 0 amide bonds. The Labute approximate surface area is 270 Å². The van der Waals surface area contributed by atoms with Gasteiger partial charge >= 0.3 is 5.97 Å². The van der Waals surface area contributed by atoms with Crippen LogP contribution in [-0.2, 0) is 16.0 Å². The lowest BCUT2D eigenvalue weighted by Gasteiger charge is -2.22. The van der Waals surface area contributed by atoms with E-state index in [0.717, 1.165) is 6.07 Å². The topological polar surface area (TPSA) is 92.3 Å². The summed E-state index contributed by atoms with van der Waals surface area (Å²) in [5.74, 6) is -0.0643. The lowest BCUT2D eigenvalue weighted by atomic mass is 9.86. The molecule has 3 unspecified atom stereocenters. The van der Waals surface area contributed by atoms with Crippen LogP contribution in [0.2, 0.25) is 0 Å². The standard InChI is InChI=1S/C36H27Cl2FN2O4/c1-34(2)35(23-41,21-32(37)38)36(34,20-24-10-9-15-28(18-24)43-26-11-5-3-6-12-26)33(42)45-31(22-40)25-16-17-29(39)30(19-25)44-27-13-7-4-8-14-27/h3-19,21,31H,20H2,1-2H3. The van der Waals surface area contributed by atoms with Gasteiger partial charge in [-0.2, -0.15) is 10.5 Å². The van der Waals surface area contributed by atoms with E-state index in [1.165, 1.54) is 18.2 Å². The number of carbonyl (C=O) groups excluding carboxylic acids is 1. The molecule has 0 bridgehead atoms. The van der Waals surface area contributed by atoms with Crippen molar-refractivity contribution in [1.29, 1.82) is 10.5 Å². The monoisotopic (exact) mass is 640 g/mol. The van der Waals surface area contributed by atoms with Crippen molar-refractivity contribution in [3.63, 3.8) is 0 Å². The number of hydrogen-bond donors (Lipinski definition) is 0. The van der Waals surface area contributed by atoms with E-state index in [9.17, 15) is 19.7 Å². The van der Waals surface area contributed by atoms with Crippen LogP contribution in [0.3, 0.4) is 0 Å². The Kier molecular flexibility index (Phi) is 8.89. The molecule has 0 saturated heterocycles. The number of allylic oxidation sites excluding steroid dienone is 1. The summed E-state index contributed by atoms with van der Waals surface area (Å²) in [5, 5.41) is 20.6. The average molecular weight is 642 g/mol. The number of carbonyl (C=O) groups is 1. The van der Waals surface area contributed by atoms with Crippen molar-refractivity contribution in [1.82, 2.24) is 0 Å². The number of rotatable bonds is 10. The van der Waals surface area contributed by atoms with E-state index in [4.69, 9.17) is 37.4 Å². The number of benzene rings is 4. The SMILES string of the molecule is CC1(C)C(C#N)(C=C(Cl)Cl)C1(Cc1cccc(Oc2ccccc2)c1)C(=O)OC(C#N)c1ccc(F)c(Oc2ccccc2)c1. The molecule has 45 heavy (non-hydrogen) atoms. The Bertz CT molecular complexity index is 1830. The average Bonchev–Trinajstić information content (AvgIpc) is 3.44. The van der Waals surface area contributed by atoms with Crippen LogP contribution in [0.15, 0.2) is 114 Å².